The van der Waals surface area contributed by atoms with Crippen LogP contribution in [0, 0.1) is 20.2 Å². The fourth-order valence-corrected chi connectivity index (χ4v) is 1.61. The van der Waals surface area contributed by atoms with Crippen LogP contribution >= 0.6 is 0 Å². The van der Waals surface area contributed by atoms with Gasteiger partial charge in [0.1, 0.15) is 0 Å². The molecular formula is C10H9N2O6-. The SMILES string of the molecule is CC[C@H](C(=O)[O-])c1ccc([N+](=O)[O-])cc1[N+](=O)[O-]. The molecule has 1 aromatic rings. The highest BCUT2D eigenvalue weighted by Gasteiger charge is 2.24. The van der Waals surface area contributed by atoms with Crippen LogP contribution in [0.1, 0.15) is 24.8 Å². The Kier molecular flexibility index (Phi) is 3.93. The molecule has 0 aliphatic rings. The van der Waals surface area contributed by atoms with Crippen molar-refractivity contribution in [2.24, 2.45) is 0 Å². The number of rotatable bonds is 5. The maximum atomic E-state index is 10.9. The Balaban J connectivity index is 3.40. The summed E-state index contributed by atoms with van der Waals surface area (Å²) in [5, 5.41) is 32.2. The Morgan fingerprint density at radius 2 is 1.89 bits per heavy atom. The molecule has 1 atom stereocenters. The van der Waals surface area contributed by atoms with Gasteiger partial charge in [0.05, 0.1) is 15.9 Å². The molecule has 0 saturated heterocycles. The number of nitro benzene ring substituents is 2. The number of carbonyl (C=O) groups excluding carboxylic acids is 1. The Morgan fingerprint density at radius 1 is 1.28 bits per heavy atom. The van der Waals surface area contributed by atoms with Crippen molar-refractivity contribution < 1.29 is 19.7 Å². The van der Waals surface area contributed by atoms with Crippen molar-refractivity contribution in [2.45, 2.75) is 19.3 Å². The van der Waals surface area contributed by atoms with Crippen LogP contribution in [0.4, 0.5) is 11.4 Å². The summed E-state index contributed by atoms with van der Waals surface area (Å²) < 4.78 is 0. The first-order valence-electron chi connectivity index (χ1n) is 5.02. The lowest BCUT2D eigenvalue weighted by molar-refractivity contribution is -0.394. The van der Waals surface area contributed by atoms with Crippen molar-refractivity contribution in [2.75, 3.05) is 0 Å². The van der Waals surface area contributed by atoms with Gasteiger partial charge in [-0.2, -0.15) is 0 Å². The Labute approximate surface area is 101 Å². The van der Waals surface area contributed by atoms with Crippen LogP contribution in [0.15, 0.2) is 18.2 Å². The van der Waals surface area contributed by atoms with E-state index in [1.54, 1.807) is 0 Å². The number of aliphatic carboxylic acids is 1. The Hall–Kier alpha value is -2.51. The van der Waals surface area contributed by atoms with Crippen LogP contribution in [0.2, 0.25) is 0 Å². The number of carbonyl (C=O) groups is 1. The van der Waals surface area contributed by atoms with Crippen LogP contribution < -0.4 is 5.11 Å². The van der Waals surface area contributed by atoms with Crippen LogP contribution in [-0.4, -0.2) is 15.8 Å². The normalized spacial score (nSPS) is 11.8. The average molecular weight is 253 g/mol. The zero-order valence-corrected chi connectivity index (χ0v) is 9.36. The summed E-state index contributed by atoms with van der Waals surface area (Å²) in [7, 11) is 0. The number of nitro groups is 2. The van der Waals surface area contributed by atoms with Gasteiger partial charge in [0.25, 0.3) is 11.4 Å². The number of non-ortho nitro benzene ring substituents is 1. The molecule has 0 N–H and O–H groups in total. The van der Waals surface area contributed by atoms with E-state index in [0.29, 0.717) is 0 Å². The maximum absolute atomic E-state index is 10.9. The third-order valence-electron chi connectivity index (χ3n) is 2.49. The molecule has 8 heteroatoms. The summed E-state index contributed by atoms with van der Waals surface area (Å²) in [6, 6.07) is 2.87. The molecule has 0 amide bonds. The van der Waals surface area contributed by atoms with Crippen LogP contribution in [0.25, 0.3) is 0 Å². The van der Waals surface area contributed by atoms with E-state index in [1.165, 1.54) is 6.92 Å². The smallest absolute Gasteiger partial charge is 0.280 e. The van der Waals surface area contributed by atoms with Gasteiger partial charge in [0.15, 0.2) is 0 Å². The summed E-state index contributed by atoms with van der Waals surface area (Å²) >= 11 is 0. The first-order valence-corrected chi connectivity index (χ1v) is 5.02. The molecule has 0 aromatic heterocycles. The van der Waals surface area contributed by atoms with Gasteiger partial charge < -0.3 is 9.90 Å². The van der Waals surface area contributed by atoms with Gasteiger partial charge in [-0.05, 0) is 12.5 Å². The monoisotopic (exact) mass is 253 g/mol. The van der Waals surface area contributed by atoms with Gasteiger partial charge >= 0.3 is 0 Å². The van der Waals surface area contributed by atoms with Crippen molar-refractivity contribution in [1.82, 2.24) is 0 Å². The van der Waals surface area contributed by atoms with Crippen LogP contribution in [-0.2, 0) is 4.79 Å². The number of hydrogen-bond acceptors (Lipinski definition) is 6. The van der Waals surface area contributed by atoms with Crippen LogP contribution in [0.3, 0.4) is 0 Å². The highest BCUT2D eigenvalue weighted by molar-refractivity contribution is 5.76. The predicted octanol–water partition coefficient (Wildman–Crippen LogP) is 0.746. The second-order valence-corrected chi connectivity index (χ2v) is 3.54. The fourth-order valence-electron chi connectivity index (χ4n) is 1.61. The van der Waals surface area contributed by atoms with Crippen molar-refractivity contribution in [3.63, 3.8) is 0 Å². The molecule has 96 valence electrons. The first kappa shape index (κ1) is 13.6. The van der Waals surface area contributed by atoms with Gasteiger partial charge in [-0.15, -0.1) is 0 Å². The van der Waals surface area contributed by atoms with Crippen molar-refractivity contribution >= 4 is 17.3 Å². The van der Waals surface area contributed by atoms with E-state index in [2.05, 4.69) is 0 Å². The lowest BCUT2D eigenvalue weighted by Gasteiger charge is -2.15. The predicted molar refractivity (Wildman–Crippen MR) is 57.8 cm³/mol. The molecule has 0 bridgehead atoms. The molecule has 0 radical (unpaired) electrons. The van der Waals surface area contributed by atoms with E-state index >= 15 is 0 Å². The van der Waals surface area contributed by atoms with Crippen molar-refractivity contribution in [3.8, 4) is 0 Å². The quantitative estimate of drug-likeness (QED) is 0.562. The Bertz CT molecular complexity index is 513. The van der Waals surface area contributed by atoms with Gasteiger partial charge in [-0.1, -0.05) is 6.92 Å². The van der Waals surface area contributed by atoms with Crippen molar-refractivity contribution in [1.29, 1.82) is 0 Å². The van der Waals surface area contributed by atoms with E-state index in [-0.39, 0.29) is 12.0 Å². The summed E-state index contributed by atoms with van der Waals surface area (Å²) in [5.41, 5.74) is -1.13. The molecule has 8 nitrogen and oxygen atoms in total. The van der Waals surface area contributed by atoms with Gasteiger partial charge in [0.2, 0.25) is 0 Å². The first-order chi connectivity index (χ1) is 8.38. The molecule has 0 saturated carbocycles. The molecular weight excluding hydrogens is 244 g/mol. The molecule has 1 rings (SSSR count). The number of carboxylic acid groups (broad SMARTS) is 1. The minimum absolute atomic E-state index is 0.0897. The van der Waals surface area contributed by atoms with Crippen LogP contribution in [0.5, 0.6) is 0 Å². The van der Waals surface area contributed by atoms with E-state index in [0.717, 1.165) is 18.2 Å². The van der Waals surface area contributed by atoms with E-state index < -0.39 is 33.1 Å². The van der Waals surface area contributed by atoms with Gasteiger partial charge in [0, 0.05) is 23.5 Å². The highest BCUT2D eigenvalue weighted by Crippen LogP contribution is 2.31. The summed E-state index contributed by atoms with van der Waals surface area (Å²) in [6.07, 6.45) is 0.0982. The number of carboxylic acids is 1. The molecule has 0 fully saturated rings. The molecule has 1 aromatic carbocycles. The molecule has 0 spiro atoms. The number of benzene rings is 1. The molecule has 0 unspecified atom stereocenters. The molecule has 0 aliphatic heterocycles. The largest absolute Gasteiger partial charge is 0.549 e. The summed E-state index contributed by atoms with van der Waals surface area (Å²) in [6.45, 7) is 1.53. The fraction of sp³-hybridized carbons (Fsp3) is 0.300. The lowest BCUT2D eigenvalue weighted by atomic mass is 9.95. The Morgan fingerprint density at radius 3 is 2.28 bits per heavy atom. The highest BCUT2D eigenvalue weighted by atomic mass is 16.6. The second-order valence-electron chi connectivity index (χ2n) is 3.54. The minimum Gasteiger partial charge on any atom is -0.549 e. The number of hydrogen-bond donors (Lipinski definition) is 0. The zero-order chi connectivity index (χ0) is 13.9. The minimum atomic E-state index is -1.45. The molecule has 18 heavy (non-hydrogen) atoms. The molecule has 0 heterocycles. The standard InChI is InChI=1S/C10H10N2O6/c1-2-7(10(13)14)8-4-3-6(11(15)16)5-9(8)12(17)18/h3-5,7H,2H2,1H3,(H,13,14)/p-1/t7-/m0/s1. The average Bonchev–Trinajstić information content (AvgIpc) is 2.29. The maximum Gasteiger partial charge on any atom is 0.280 e. The van der Waals surface area contributed by atoms with E-state index in [9.17, 15) is 30.1 Å². The van der Waals surface area contributed by atoms with E-state index in [1.807, 2.05) is 0 Å². The topological polar surface area (TPSA) is 126 Å². The lowest BCUT2D eigenvalue weighted by Crippen LogP contribution is -2.29. The third-order valence-corrected chi connectivity index (χ3v) is 2.49. The van der Waals surface area contributed by atoms with Gasteiger partial charge in [-0.3, -0.25) is 20.2 Å². The van der Waals surface area contributed by atoms with Crippen molar-refractivity contribution in [3.05, 3.63) is 44.0 Å². The number of nitrogens with zero attached hydrogens (tertiary/aromatic N) is 2. The summed E-state index contributed by atoms with van der Waals surface area (Å²) in [5.74, 6) is -2.61. The summed E-state index contributed by atoms with van der Waals surface area (Å²) in [4.78, 5) is 30.6. The third kappa shape index (κ3) is 2.59. The zero-order valence-electron chi connectivity index (χ0n) is 9.36. The van der Waals surface area contributed by atoms with Gasteiger partial charge in [-0.25, -0.2) is 0 Å². The van der Waals surface area contributed by atoms with E-state index in [4.69, 9.17) is 0 Å². The second kappa shape index (κ2) is 5.21. The molecule has 0 aliphatic carbocycles.